The highest BCUT2D eigenvalue weighted by Gasteiger charge is 2.45. The molecule has 178 valence electrons. The second-order valence-electron chi connectivity index (χ2n) is 9.97. The van der Waals surface area contributed by atoms with Crippen LogP contribution in [0.15, 0.2) is 42.9 Å². The smallest absolute Gasteiger partial charge is 0.227 e. The summed E-state index contributed by atoms with van der Waals surface area (Å²) < 4.78 is 11.2. The minimum Gasteiger partial charge on any atom is -0.495 e. The summed E-state index contributed by atoms with van der Waals surface area (Å²) in [6, 6.07) is 8.15. The highest BCUT2D eigenvalue weighted by molar-refractivity contribution is 5.90. The zero-order valence-corrected chi connectivity index (χ0v) is 19.6. The van der Waals surface area contributed by atoms with E-state index in [1.807, 2.05) is 30.6 Å². The van der Waals surface area contributed by atoms with Crippen LogP contribution < -0.4 is 15.0 Å². The molecule has 1 saturated carbocycles. The van der Waals surface area contributed by atoms with Gasteiger partial charge in [0.15, 0.2) is 5.82 Å². The molecule has 7 rings (SSSR count). The van der Waals surface area contributed by atoms with Gasteiger partial charge in [-0.3, -0.25) is 5.10 Å². The lowest BCUT2D eigenvalue weighted by molar-refractivity contribution is -0.0985. The molecule has 35 heavy (non-hydrogen) atoms. The third kappa shape index (κ3) is 3.67. The van der Waals surface area contributed by atoms with E-state index in [2.05, 4.69) is 31.5 Å². The minimum absolute atomic E-state index is 0.280. The SMILES string of the molecule is COc1cc(-c2cn[nH]c2)ccc1Nc1ncc2cc(C3CC3)nc(N3CCC4(COC4)C3)c2n1. The number of ether oxygens (including phenoxy) is 2. The molecule has 0 bridgehead atoms. The van der Waals surface area contributed by atoms with Gasteiger partial charge in [0.1, 0.15) is 11.3 Å². The van der Waals surface area contributed by atoms with Gasteiger partial charge >= 0.3 is 0 Å². The average molecular weight is 470 g/mol. The molecule has 2 N–H and O–H groups in total. The molecule has 2 aliphatic heterocycles. The van der Waals surface area contributed by atoms with E-state index in [1.54, 1.807) is 13.3 Å². The van der Waals surface area contributed by atoms with Crippen molar-refractivity contribution in [1.82, 2.24) is 25.1 Å². The number of hydrogen-bond donors (Lipinski definition) is 2. The van der Waals surface area contributed by atoms with Gasteiger partial charge < -0.3 is 19.7 Å². The Kier molecular flexibility index (Phi) is 4.66. The Morgan fingerprint density at radius 1 is 1.14 bits per heavy atom. The molecule has 1 aromatic carbocycles. The number of nitrogens with one attached hydrogen (secondary N) is 2. The van der Waals surface area contributed by atoms with Gasteiger partial charge in [0, 0.05) is 53.5 Å². The van der Waals surface area contributed by atoms with Gasteiger partial charge in [-0.15, -0.1) is 0 Å². The summed E-state index contributed by atoms with van der Waals surface area (Å²) in [5.74, 6) is 2.77. The lowest BCUT2D eigenvalue weighted by atomic mass is 9.85. The van der Waals surface area contributed by atoms with Crippen LogP contribution in [0.5, 0.6) is 5.75 Å². The normalized spacial score (nSPS) is 18.7. The third-order valence-electron chi connectivity index (χ3n) is 7.40. The first-order valence-electron chi connectivity index (χ1n) is 12.1. The van der Waals surface area contributed by atoms with E-state index < -0.39 is 0 Å². The first kappa shape index (κ1) is 20.6. The zero-order valence-electron chi connectivity index (χ0n) is 19.6. The quantitative estimate of drug-likeness (QED) is 0.432. The molecule has 3 aliphatic rings. The number of hydrogen-bond acceptors (Lipinski definition) is 8. The van der Waals surface area contributed by atoms with Crippen molar-refractivity contribution in [2.45, 2.75) is 25.2 Å². The molecule has 0 unspecified atom stereocenters. The number of anilines is 3. The van der Waals surface area contributed by atoms with E-state index in [4.69, 9.17) is 19.4 Å². The largest absolute Gasteiger partial charge is 0.495 e. The monoisotopic (exact) mass is 469 g/mol. The highest BCUT2D eigenvalue weighted by atomic mass is 16.5. The molecule has 1 spiro atoms. The molecular weight excluding hydrogens is 442 g/mol. The van der Waals surface area contributed by atoms with Crippen molar-refractivity contribution in [3.05, 3.63) is 48.5 Å². The lowest BCUT2D eigenvalue weighted by Crippen LogP contribution is -2.44. The van der Waals surface area contributed by atoms with E-state index >= 15 is 0 Å². The number of aromatic amines is 1. The van der Waals surface area contributed by atoms with Crippen LogP contribution in [0.4, 0.5) is 17.5 Å². The summed E-state index contributed by atoms with van der Waals surface area (Å²) in [6.45, 7) is 3.65. The number of aromatic nitrogens is 5. The van der Waals surface area contributed by atoms with Crippen molar-refractivity contribution in [3.8, 4) is 16.9 Å². The van der Waals surface area contributed by atoms with Crippen LogP contribution in [0.3, 0.4) is 0 Å². The fraction of sp³-hybridized carbons (Fsp3) is 0.385. The lowest BCUT2D eigenvalue weighted by Gasteiger charge is -2.37. The first-order valence-corrected chi connectivity index (χ1v) is 12.1. The number of pyridine rings is 1. The van der Waals surface area contributed by atoms with Crippen LogP contribution in [-0.2, 0) is 4.74 Å². The predicted octanol–water partition coefficient (Wildman–Crippen LogP) is 4.27. The summed E-state index contributed by atoms with van der Waals surface area (Å²) in [5, 5.41) is 11.3. The van der Waals surface area contributed by atoms with Crippen molar-refractivity contribution in [2.24, 2.45) is 5.41 Å². The Balaban J connectivity index is 1.24. The van der Waals surface area contributed by atoms with Crippen LogP contribution >= 0.6 is 0 Å². The van der Waals surface area contributed by atoms with E-state index in [1.165, 1.54) is 18.5 Å². The predicted molar refractivity (Wildman–Crippen MR) is 133 cm³/mol. The highest BCUT2D eigenvalue weighted by Crippen LogP contribution is 2.44. The molecule has 0 atom stereocenters. The Labute approximate surface area is 202 Å². The molecule has 4 aromatic rings. The van der Waals surface area contributed by atoms with Crippen molar-refractivity contribution in [1.29, 1.82) is 0 Å². The maximum atomic E-state index is 5.66. The Bertz CT molecular complexity index is 1400. The number of benzene rings is 1. The summed E-state index contributed by atoms with van der Waals surface area (Å²) >= 11 is 0. The van der Waals surface area contributed by atoms with Gasteiger partial charge in [0.05, 0.1) is 32.2 Å². The number of H-pyrrole nitrogens is 1. The van der Waals surface area contributed by atoms with Crippen LogP contribution in [0.25, 0.3) is 22.0 Å². The molecule has 0 radical (unpaired) electrons. The van der Waals surface area contributed by atoms with Gasteiger partial charge in [-0.1, -0.05) is 6.07 Å². The van der Waals surface area contributed by atoms with E-state index in [0.717, 1.165) is 66.3 Å². The molecule has 0 amide bonds. The van der Waals surface area contributed by atoms with E-state index in [0.29, 0.717) is 17.6 Å². The Morgan fingerprint density at radius 2 is 2.06 bits per heavy atom. The zero-order chi connectivity index (χ0) is 23.4. The van der Waals surface area contributed by atoms with Crippen molar-refractivity contribution >= 4 is 28.4 Å². The maximum absolute atomic E-state index is 5.66. The summed E-state index contributed by atoms with van der Waals surface area (Å²) in [5.41, 5.74) is 5.15. The van der Waals surface area contributed by atoms with Gasteiger partial charge in [0.2, 0.25) is 5.95 Å². The molecule has 5 heterocycles. The number of rotatable bonds is 6. The van der Waals surface area contributed by atoms with Crippen LogP contribution in [0, 0.1) is 5.41 Å². The standard InChI is InChI=1S/C26H27N7O2/c1-34-22-9-17(19-11-28-29-12-19)4-5-20(22)31-25-27-10-18-8-21(16-2-3-16)30-24(23(18)32-25)33-7-6-26(13-33)14-35-15-26/h4-5,8-12,16H,2-3,6-7,13-15H2,1H3,(H,28,29)(H,27,31,32). The van der Waals surface area contributed by atoms with Crippen LogP contribution in [0.1, 0.15) is 30.9 Å². The number of fused-ring (bicyclic) bond motifs is 1. The number of nitrogens with zero attached hydrogens (tertiary/aromatic N) is 5. The van der Waals surface area contributed by atoms with Crippen molar-refractivity contribution < 1.29 is 9.47 Å². The third-order valence-corrected chi connectivity index (χ3v) is 7.40. The number of methoxy groups -OCH3 is 1. The Morgan fingerprint density at radius 3 is 2.77 bits per heavy atom. The Hall–Kier alpha value is -3.72. The van der Waals surface area contributed by atoms with Gasteiger partial charge in [-0.2, -0.15) is 5.10 Å². The molecule has 1 aliphatic carbocycles. The second kappa shape index (κ2) is 7.91. The van der Waals surface area contributed by atoms with Crippen LogP contribution in [0.2, 0.25) is 0 Å². The van der Waals surface area contributed by atoms with Crippen molar-refractivity contribution in [2.75, 3.05) is 43.6 Å². The van der Waals surface area contributed by atoms with Crippen molar-refractivity contribution in [3.63, 3.8) is 0 Å². The van der Waals surface area contributed by atoms with E-state index in [-0.39, 0.29) is 5.41 Å². The fourth-order valence-electron chi connectivity index (χ4n) is 5.16. The molecular formula is C26H27N7O2. The summed E-state index contributed by atoms with van der Waals surface area (Å²) in [4.78, 5) is 17.1. The molecule has 9 heteroatoms. The average Bonchev–Trinajstić information content (AvgIpc) is 3.37. The fourth-order valence-corrected chi connectivity index (χ4v) is 5.16. The molecule has 3 fully saturated rings. The summed E-state index contributed by atoms with van der Waals surface area (Å²) in [7, 11) is 1.66. The first-order chi connectivity index (χ1) is 17.2. The minimum atomic E-state index is 0.280. The van der Waals surface area contributed by atoms with Gasteiger partial charge in [-0.05, 0) is 43.0 Å². The van der Waals surface area contributed by atoms with Crippen LogP contribution in [-0.4, -0.2) is 58.6 Å². The summed E-state index contributed by atoms with van der Waals surface area (Å²) in [6.07, 6.45) is 9.12. The van der Waals surface area contributed by atoms with Gasteiger partial charge in [-0.25, -0.2) is 15.0 Å². The molecule has 3 aromatic heterocycles. The molecule has 9 nitrogen and oxygen atoms in total. The molecule has 2 saturated heterocycles. The maximum Gasteiger partial charge on any atom is 0.227 e. The van der Waals surface area contributed by atoms with Gasteiger partial charge in [0.25, 0.3) is 0 Å². The van der Waals surface area contributed by atoms with E-state index in [9.17, 15) is 0 Å². The second-order valence-corrected chi connectivity index (χ2v) is 9.97. The topological polar surface area (TPSA) is 101 Å².